The zero-order valence-corrected chi connectivity index (χ0v) is 19.2. The van der Waals surface area contributed by atoms with E-state index in [9.17, 15) is 14.0 Å². The summed E-state index contributed by atoms with van der Waals surface area (Å²) in [4.78, 5) is 27.6. The fraction of sp³-hybridized carbons (Fsp3) is 0.320. The second-order valence-electron chi connectivity index (χ2n) is 7.95. The average molecular weight is 467 g/mol. The van der Waals surface area contributed by atoms with Crippen LogP contribution in [0.1, 0.15) is 45.4 Å². The Balaban J connectivity index is 1.43. The number of rotatable bonds is 8. The Bertz CT molecular complexity index is 1180. The third-order valence-corrected chi connectivity index (χ3v) is 5.58. The summed E-state index contributed by atoms with van der Waals surface area (Å²) in [5.41, 5.74) is 2.24. The van der Waals surface area contributed by atoms with Gasteiger partial charge in [0.15, 0.2) is 17.2 Å². The first-order chi connectivity index (χ1) is 16.5. The van der Waals surface area contributed by atoms with Gasteiger partial charge in [-0.2, -0.15) is 5.10 Å². The molecule has 2 heterocycles. The zero-order valence-electron chi connectivity index (χ0n) is 19.2. The monoisotopic (exact) mass is 466 g/mol. The number of ether oxygens (including phenoxy) is 2. The van der Waals surface area contributed by atoms with E-state index in [4.69, 9.17) is 9.47 Å². The molecule has 0 saturated heterocycles. The summed E-state index contributed by atoms with van der Waals surface area (Å²) >= 11 is 0. The van der Waals surface area contributed by atoms with Crippen LogP contribution in [0.3, 0.4) is 0 Å². The number of carbonyl (C=O) groups excluding carboxylic acids is 2. The Kier molecular flexibility index (Phi) is 7.10. The Morgan fingerprint density at radius 3 is 2.59 bits per heavy atom. The molecule has 1 aromatic heterocycles. The molecule has 0 fully saturated rings. The van der Waals surface area contributed by atoms with Gasteiger partial charge < -0.3 is 19.7 Å². The van der Waals surface area contributed by atoms with Crippen LogP contribution in [0.4, 0.5) is 4.39 Å². The van der Waals surface area contributed by atoms with Gasteiger partial charge in [0.1, 0.15) is 11.5 Å². The minimum Gasteiger partial charge on any atom is -0.493 e. The van der Waals surface area contributed by atoms with Crippen LogP contribution in [-0.4, -0.2) is 46.8 Å². The van der Waals surface area contributed by atoms with Gasteiger partial charge in [0, 0.05) is 32.2 Å². The van der Waals surface area contributed by atoms with Crippen molar-refractivity contribution < 1.29 is 23.5 Å². The minimum atomic E-state index is -0.369. The summed E-state index contributed by atoms with van der Waals surface area (Å²) in [5.74, 6) is 0.343. The van der Waals surface area contributed by atoms with Gasteiger partial charge in [0.2, 0.25) is 0 Å². The zero-order chi connectivity index (χ0) is 24.1. The van der Waals surface area contributed by atoms with Gasteiger partial charge in [-0.25, -0.2) is 4.39 Å². The quantitative estimate of drug-likeness (QED) is 0.550. The number of fused-ring (bicyclic) bond motifs is 1. The number of nitrogens with one attached hydrogen (secondary N) is 1. The molecule has 2 aromatic carbocycles. The summed E-state index contributed by atoms with van der Waals surface area (Å²) in [6.45, 7) is 4.15. The van der Waals surface area contributed by atoms with Crippen molar-refractivity contribution in [2.24, 2.45) is 0 Å². The van der Waals surface area contributed by atoms with E-state index in [2.05, 4.69) is 10.4 Å². The summed E-state index contributed by atoms with van der Waals surface area (Å²) in [5, 5.41) is 7.20. The molecule has 0 spiro atoms. The first-order valence-electron chi connectivity index (χ1n) is 11.2. The second kappa shape index (κ2) is 10.4. The van der Waals surface area contributed by atoms with Gasteiger partial charge in [-0.05, 0) is 48.7 Å². The third-order valence-electron chi connectivity index (χ3n) is 5.58. The van der Waals surface area contributed by atoms with E-state index in [0.717, 1.165) is 11.1 Å². The lowest BCUT2D eigenvalue weighted by atomic mass is 10.2. The predicted octanol–water partition coefficient (Wildman–Crippen LogP) is 3.41. The van der Waals surface area contributed by atoms with Crippen molar-refractivity contribution in [2.75, 3.05) is 20.3 Å². The Hall–Kier alpha value is -3.88. The number of aromatic nitrogens is 2. The lowest BCUT2D eigenvalue weighted by Crippen LogP contribution is -2.30. The Morgan fingerprint density at radius 1 is 1.09 bits per heavy atom. The molecule has 178 valence electrons. The summed E-state index contributed by atoms with van der Waals surface area (Å²) in [7, 11) is 1.56. The molecular weight excluding hydrogens is 439 g/mol. The highest BCUT2D eigenvalue weighted by molar-refractivity contribution is 5.98. The van der Waals surface area contributed by atoms with Gasteiger partial charge in [-0.15, -0.1) is 0 Å². The number of benzene rings is 2. The molecule has 0 bridgehead atoms. The second-order valence-corrected chi connectivity index (χ2v) is 7.95. The molecule has 0 radical (unpaired) electrons. The van der Waals surface area contributed by atoms with Crippen LogP contribution in [0, 0.1) is 5.82 Å². The molecule has 1 aliphatic rings. The highest BCUT2D eigenvalue weighted by atomic mass is 19.1. The normalized spacial score (nSPS) is 13.3. The number of aryl methyl sites for hydroxylation is 1. The number of hydrogen-bond acceptors (Lipinski definition) is 5. The van der Waals surface area contributed by atoms with E-state index in [1.54, 1.807) is 34.9 Å². The average Bonchev–Trinajstić information content (AvgIpc) is 3.22. The summed E-state index contributed by atoms with van der Waals surface area (Å²) in [6, 6.07) is 13.1. The van der Waals surface area contributed by atoms with Crippen LogP contribution in [0.25, 0.3) is 0 Å². The largest absolute Gasteiger partial charge is 0.493 e. The Labute approximate surface area is 197 Å². The molecular formula is C25H27FN4O4. The molecule has 8 nitrogen and oxygen atoms in total. The van der Waals surface area contributed by atoms with Gasteiger partial charge in [-0.3, -0.25) is 14.3 Å². The van der Waals surface area contributed by atoms with Crippen LogP contribution in [0.2, 0.25) is 0 Å². The smallest absolute Gasteiger partial charge is 0.272 e. The van der Waals surface area contributed by atoms with Crippen molar-refractivity contribution in [3.05, 3.63) is 76.9 Å². The van der Waals surface area contributed by atoms with Crippen LogP contribution < -0.4 is 14.8 Å². The lowest BCUT2D eigenvalue weighted by molar-refractivity contribution is 0.0745. The van der Waals surface area contributed by atoms with E-state index in [1.165, 1.54) is 18.2 Å². The SMILES string of the molecule is CCOc1ccc(CNC(=O)c2cc3n(n2)CCCN(Cc2ccc(F)cc2)C3=O)cc1OC. The first-order valence-corrected chi connectivity index (χ1v) is 11.2. The van der Waals surface area contributed by atoms with Crippen LogP contribution >= 0.6 is 0 Å². The van der Waals surface area contributed by atoms with Crippen molar-refractivity contribution >= 4 is 11.8 Å². The predicted molar refractivity (Wildman–Crippen MR) is 123 cm³/mol. The fourth-order valence-corrected chi connectivity index (χ4v) is 3.88. The molecule has 1 N–H and O–H groups in total. The van der Waals surface area contributed by atoms with Crippen LogP contribution in [-0.2, 0) is 19.6 Å². The molecule has 0 aliphatic carbocycles. The molecule has 3 aromatic rings. The van der Waals surface area contributed by atoms with Crippen molar-refractivity contribution in [2.45, 2.75) is 33.0 Å². The van der Waals surface area contributed by atoms with E-state index in [0.29, 0.717) is 49.9 Å². The maximum Gasteiger partial charge on any atom is 0.272 e. The van der Waals surface area contributed by atoms with Crippen molar-refractivity contribution in [1.82, 2.24) is 20.0 Å². The third kappa shape index (κ3) is 5.19. The number of hydrogen-bond donors (Lipinski definition) is 1. The summed E-state index contributed by atoms with van der Waals surface area (Å²) < 4.78 is 25.7. The molecule has 0 atom stereocenters. The van der Waals surface area contributed by atoms with Gasteiger partial charge >= 0.3 is 0 Å². The minimum absolute atomic E-state index is 0.185. The standard InChI is InChI=1S/C25H27FN4O4/c1-3-34-22-10-7-18(13-23(22)33-2)15-27-24(31)20-14-21-25(32)29(11-4-12-30(21)28-20)16-17-5-8-19(26)9-6-17/h5-10,13-14H,3-4,11-12,15-16H2,1-2H3,(H,27,31). The van der Waals surface area contributed by atoms with Gasteiger partial charge in [-0.1, -0.05) is 18.2 Å². The summed E-state index contributed by atoms with van der Waals surface area (Å²) in [6.07, 6.45) is 0.703. The number of carbonyl (C=O) groups is 2. The van der Waals surface area contributed by atoms with Crippen LogP contribution in [0.15, 0.2) is 48.5 Å². The number of nitrogens with zero attached hydrogens (tertiary/aromatic N) is 3. The number of methoxy groups -OCH3 is 1. The molecule has 2 amide bonds. The number of amides is 2. The highest BCUT2D eigenvalue weighted by Gasteiger charge is 2.26. The van der Waals surface area contributed by atoms with Crippen LogP contribution in [0.5, 0.6) is 11.5 Å². The fourth-order valence-electron chi connectivity index (χ4n) is 3.88. The molecule has 34 heavy (non-hydrogen) atoms. The van der Waals surface area contributed by atoms with E-state index >= 15 is 0 Å². The van der Waals surface area contributed by atoms with Crippen molar-refractivity contribution in [1.29, 1.82) is 0 Å². The van der Waals surface area contributed by atoms with Crippen molar-refractivity contribution in [3.8, 4) is 11.5 Å². The molecule has 9 heteroatoms. The van der Waals surface area contributed by atoms with E-state index in [-0.39, 0.29) is 29.9 Å². The van der Waals surface area contributed by atoms with Gasteiger partial charge in [0.05, 0.1) is 13.7 Å². The molecule has 0 unspecified atom stereocenters. The lowest BCUT2D eigenvalue weighted by Gasteiger charge is -2.20. The first kappa shape index (κ1) is 23.3. The van der Waals surface area contributed by atoms with Gasteiger partial charge in [0.25, 0.3) is 11.8 Å². The Morgan fingerprint density at radius 2 is 1.85 bits per heavy atom. The van der Waals surface area contributed by atoms with E-state index in [1.807, 2.05) is 19.1 Å². The molecule has 4 rings (SSSR count). The maximum atomic E-state index is 13.2. The topological polar surface area (TPSA) is 85.7 Å². The van der Waals surface area contributed by atoms with E-state index < -0.39 is 0 Å². The molecule has 0 saturated carbocycles. The molecule has 1 aliphatic heterocycles. The maximum absolute atomic E-state index is 13.2. The highest BCUT2D eigenvalue weighted by Crippen LogP contribution is 2.28. The number of halogens is 1. The van der Waals surface area contributed by atoms with Crippen molar-refractivity contribution in [3.63, 3.8) is 0 Å².